The maximum atomic E-state index is 12.9. The monoisotopic (exact) mass is 368 g/mol. The van der Waals surface area contributed by atoms with Crippen LogP contribution in [0.15, 0.2) is 36.7 Å². The lowest BCUT2D eigenvalue weighted by Crippen LogP contribution is -2.53. The minimum absolute atomic E-state index is 0.0306. The van der Waals surface area contributed by atoms with Gasteiger partial charge >= 0.3 is 0 Å². The normalized spacial score (nSPS) is 19.7. The predicted molar refractivity (Wildman–Crippen MR) is 98.8 cm³/mol. The van der Waals surface area contributed by atoms with Crippen LogP contribution in [0.4, 0.5) is 0 Å². The quantitative estimate of drug-likeness (QED) is 0.811. The first-order chi connectivity index (χ1) is 13.1. The Morgan fingerprint density at radius 3 is 2.78 bits per heavy atom. The maximum Gasteiger partial charge on any atom is 0.253 e. The smallest absolute Gasteiger partial charge is 0.253 e. The zero-order chi connectivity index (χ0) is 18.8. The van der Waals surface area contributed by atoms with E-state index in [9.17, 15) is 9.59 Å². The van der Waals surface area contributed by atoms with Crippen molar-refractivity contribution in [1.29, 1.82) is 0 Å². The van der Waals surface area contributed by atoms with Crippen molar-refractivity contribution in [2.24, 2.45) is 0 Å². The molecule has 0 saturated carbocycles. The third-order valence-corrected chi connectivity index (χ3v) is 5.20. The molecular formula is C20H24N4O3. The Labute approximate surface area is 158 Å². The van der Waals surface area contributed by atoms with Crippen molar-refractivity contribution in [1.82, 2.24) is 19.6 Å². The fourth-order valence-corrected chi connectivity index (χ4v) is 3.70. The third kappa shape index (κ3) is 3.88. The van der Waals surface area contributed by atoms with E-state index in [2.05, 4.69) is 17.2 Å². The lowest BCUT2D eigenvalue weighted by Gasteiger charge is -2.36. The van der Waals surface area contributed by atoms with E-state index in [0.717, 1.165) is 12.0 Å². The van der Waals surface area contributed by atoms with Crippen LogP contribution in [0.5, 0.6) is 0 Å². The molecule has 2 aliphatic rings. The van der Waals surface area contributed by atoms with Crippen LogP contribution in [0, 0.1) is 6.92 Å². The fraction of sp³-hybridized carbons (Fsp3) is 0.450. The lowest BCUT2D eigenvalue weighted by molar-refractivity contribution is -0.155. The number of aryl methyl sites for hydroxylation is 1. The molecule has 7 nitrogen and oxygen atoms in total. The number of benzene rings is 1. The minimum Gasteiger partial charge on any atom is -0.365 e. The van der Waals surface area contributed by atoms with Crippen molar-refractivity contribution < 1.29 is 14.3 Å². The molecule has 142 valence electrons. The zero-order valence-corrected chi connectivity index (χ0v) is 15.5. The van der Waals surface area contributed by atoms with Gasteiger partial charge in [-0.05, 0) is 30.0 Å². The van der Waals surface area contributed by atoms with Gasteiger partial charge < -0.3 is 14.5 Å². The lowest BCUT2D eigenvalue weighted by atomic mass is 9.99. The molecule has 4 rings (SSSR count). The van der Waals surface area contributed by atoms with E-state index >= 15 is 0 Å². The molecule has 1 aromatic carbocycles. The average molecular weight is 368 g/mol. The Hall–Kier alpha value is -2.67. The van der Waals surface area contributed by atoms with Crippen LogP contribution < -0.4 is 0 Å². The van der Waals surface area contributed by atoms with Crippen molar-refractivity contribution in [3.05, 3.63) is 53.3 Å². The van der Waals surface area contributed by atoms with E-state index < -0.39 is 6.10 Å². The highest BCUT2D eigenvalue weighted by Crippen LogP contribution is 2.20. The van der Waals surface area contributed by atoms with E-state index in [4.69, 9.17) is 4.74 Å². The Morgan fingerprint density at radius 1 is 1.19 bits per heavy atom. The third-order valence-electron chi connectivity index (χ3n) is 5.20. The van der Waals surface area contributed by atoms with Crippen LogP contribution >= 0.6 is 0 Å². The second kappa shape index (κ2) is 7.52. The molecule has 2 amide bonds. The number of carbonyl (C=O) groups excluding carboxylic acids is 2. The highest BCUT2D eigenvalue weighted by Gasteiger charge is 2.33. The minimum atomic E-state index is -0.590. The summed E-state index contributed by atoms with van der Waals surface area (Å²) in [4.78, 5) is 29.1. The van der Waals surface area contributed by atoms with Crippen LogP contribution in [0.2, 0.25) is 0 Å². The molecule has 7 heteroatoms. The van der Waals surface area contributed by atoms with Gasteiger partial charge in [0.2, 0.25) is 5.91 Å². The Bertz CT molecular complexity index is 847. The Balaban J connectivity index is 1.38. The van der Waals surface area contributed by atoms with E-state index in [-0.39, 0.29) is 18.4 Å². The molecule has 1 saturated heterocycles. The van der Waals surface area contributed by atoms with Crippen molar-refractivity contribution in [3.63, 3.8) is 0 Å². The van der Waals surface area contributed by atoms with Gasteiger partial charge in [0.15, 0.2) is 6.10 Å². The maximum absolute atomic E-state index is 12.9. The van der Waals surface area contributed by atoms with E-state index in [1.807, 2.05) is 30.2 Å². The van der Waals surface area contributed by atoms with Crippen LogP contribution in [-0.2, 0) is 33.8 Å². The summed E-state index contributed by atoms with van der Waals surface area (Å²) in [6.07, 6.45) is 3.84. The van der Waals surface area contributed by atoms with Gasteiger partial charge in [-0.1, -0.05) is 24.3 Å². The number of rotatable bonds is 3. The van der Waals surface area contributed by atoms with Crippen LogP contribution in [0.25, 0.3) is 0 Å². The molecule has 0 unspecified atom stereocenters. The summed E-state index contributed by atoms with van der Waals surface area (Å²) in [7, 11) is 0. The number of ether oxygens (including phenoxy) is 1. The fourth-order valence-electron chi connectivity index (χ4n) is 3.70. The summed E-state index contributed by atoms with van der Waals surface area (Å²) in [5, 5.41) is 4.16. The van der Waals surface area contributed by atoms with Gasteiger partial charge in [-0.15, -0.1) is 0 Å². The summed E-state index contributed by atoms with van der Waals surface area (Å²) in [6.45, 7) is 4.61. The number of aromatic nitrogens is 2. The van der Waals surface area contributed by atoms with Crippen molar-refractivity contribution in [2.45, 2.75) is 32.5 Å². The molecule has 0 spiro atoms. The average Bonchev–Trinajstić information content (AvgIpc) is 3.11. The summed E-state index contributed by atoms with van der Waals surface area (Å²) in [6, 6.07) is 8.22. The molecule has 0 bridgehead atoms. The number of hydrogen-bond acceptors (Lipinski definition) is 4. The molecule has 2 aromatic rings. The van der Waals surface area contributed by atoms with Gasteiger partial charge in [-0.3, -0.25) is 14.3 Å². The summed E-state index contributed by atoms with van der Waals surface area (Å²) >= 11 is 0. The van der Waals surface area contributed by atoms with Gasteiger partial charge in [-0.2, -0.15) is 5.10 Å². The number of fused-ring (bicyclic) bond motifs is 1. The number of nitrogens with zero attached hydrogens (tertiary/aromatic N) is 4. The second-order valence-corrected chi connectivity index (χ2v) is 7.19. The summed E-state index contributed by atoms with van der Waals surface area (Å²) in [5.41, 5.74) is 3.51. The first-order valence-corrected chi connectivity index (χ1v) is 9.34. The van der Waals surface area contributed by atoms with Gasteiger partial charge in [-0.25, -0.2) is 0 Å². The molecule has 0 aliphatic carbocycles. The predicted octanol–water partition coefficient (Wildman–Crippen LogP) is 1.00. The van der Waals surface area contributed by atoms with E-state index in [0.29, 0.717) is 32.8 Å². The van der Waals surface area contributed by atoms with Crippen LogP contribution in [-0.4, -0.2) is 63.7 Å². The molecule has 0 N–H and O–H groups in total. The van der Waals surface area contributed by atoms with Crippen molar-refractivity contribution >= 4 is 11.8 Å². The highest BCUT2D eigenvalue weighted by atomic mass is 16.5. The van der Waals surface area contributed by atoms with Gasteiger partial charge in [0.05, 0.1) is 19.3 Å². The molecule has 1 atom stereocenters. The van der Waals surface area contributed by atoms with Crippen LogP contribution in [0.1, 0.15) is 16.7 Å². The van der Waals surface area contributed by atoms with Crippen molar-refractivity contribution in [3.8, 4) is 0 Å². The standard InChI is InChI=1S/C20H24N4O3/c1-15-10-21-24(11-15)14-19(25)22-8-9-27-18(13-22)20(26)23-7-6-16-4-2-3-5-17(16)12-23/h2-5,10-11,18H,6-9,12-14H2,1H3/t18-/m0/s1. The molecule has 1 fully saturated rings. The van der Waals surface area contributed by atoms with Crippen LogP contribution in [0.3, 0.4) is 0 Å². The molecular weight excluding hydrogens is 344 g/mol. The van der Waals surface area contributed by atoms with Gasteiger partial charge in [0, 0.05) is 25.8 Å². The largest absolute Gasteiger partial charge is 0.365 e. The number of amides is 2. The van der Waals surface area contributed by atoms with E-state index in [1.54, 1.807) is 15.8 Å². The number of hydrogen-bond donors (Lipinski definition) is 0. The second-order valence-electron chi connectivity index (χ2n) is 7.19. The summed E-state index contributed by atoms with van der Waals surface area (Å²) < 4.78 is 7.34. The van der Waals surface area contributed by atoms with Gasteiger partial charge in [0.1, 0.15) is 6.54 Å². The molecule has 2 aliphatic heterocycles. The Kier molecular flexibility index (Phi) is 4.94. The molecule has 3 heterocycles. The SMILES string of the molecule is Cc1cnn(CC(=O)N2CCO[C@H](C(=O)N3CCc4ccccc4C3)C2)c1. The van der Waals surface area contributed by atoms with Gasteiger partial charge in [0.25, 0.3) is 5.91 Å². The van der Waals surface area contributed by atoms with E-state index in [1.165, 1.54) is 11.1 Å². The van der Waals surface area contributed by atoms with Crippen molar-refractivity contribution in [2.75, 3.05) is 26.2 Å². The number of carbonyl (C=O) groups is 2. The number of morpholine rings is 1. The first-order valence-electron chi connectivity index (χ1n) is 9.34. The molecule has 27 heavy (non-hydrogen) atoms. The topological polar surface area (TPSA) is 67.7 Å². The molecule has 1 aromatic heterocycles. The summed E-state index contributed by atoms with van der Waals surface area (Å²) in [5.74, 6) is -0.0693. The zero-order valence-electron chi connectivity index (χ0n) is 15.5. The Morgan fingerprint density at radius 2 is 2.00 bits per heavy atom. The highest BCUT2D eigenvalue weighted by molar-refractivity contribution is 5.83. The first kappa shape index (κ1) is 17.7. The molecule has 0 radical (unpaired) electrons.